The van der Waals surface area contributed by atoms with Crippen LogP contribution in [0.1, 0.15) is 5.56 Å². The quantitative estimate of drug-likeness (QED) is 0.502. The van der Waals surface area contributed by atoms with Gasteiger partial charge in [-0.2, -0.15) is 5.10 Å². The lowest BCUT2D eigenvalue weighted by Gasteiger charge is -2.08. The second-order valence-electron chi connectivity index (χ2n) is 4.04. The van der Waals surface area contributed by atoms with Crippen molar-refractivity contribution in [2.24, 2.45) is 5.10 Å². The molecule has 0 unspecified atom stereocenters. The zero-order valence-corrected chi connectivity index (χ0v) is 12.5. The van der Waals surface area contributed by atoms with Crippen LogP contribution in [0.2, 0.25) is 10.0 Å². The minimum absolute atomic E-state index is 0.114. The molecule has 0 amide bonds. The summed E-state index contributed by atoms with van der Waals surface area (Å²) >= 11 is 12.2. The van der Waals surface area contributed by atoms with E-state index in [1.165, 1.54) is 0 Å². The molecule has 0 spiro atoms. The summed E-state index contributed by atoms with van der Waals surface area (Å²) in [4.78, 5) is 0. The van der Waals surface area contributed by atoms with E-state index in [4.69, 9.17) is 34.4 Å². The Labute approximate surface area is 133 Å². The van der Waals surface area contributed by atoms with Crippen LogP contribution in [0.4, 0.5) is 5.69 Å². The first-order valence-electron chi connectivity index (χ1n) is 6.10. The molecule has 1 N–H and O–H groups in total. The second-order valence-corrected chi connectivity index (χ2v) is 4.86. The topological polar surface area (TPSA) is 33.6 Å². The molecule has 0 atom stereocenters. The van der Waals surface area contributed by atoms with Gasteiger partial charge in [0.15, 0.2) is 5.75 Å². The molecule has 0 aliphatic rings. The minimum Gasteiger partial charge on any atom is -0.478 e. The zero-order valence-electron chi connectivity index (χ0n) is 11.0. The van der Waals surface area contributed by atoms with Gasteiger partial charge >= 0.3 is 0 Å². The highest BCUT2D eigenvalue weighted by Crippen LogP contribution is 2.33. The van der Waals surface area contributed by atoms with Crippen molar-refractivity contribution in [3.63, 3.8) is 0 Å². The Kier molecular flexibility index (Phi) is 5.51. The lowest BCUT2D eigenvalue weighted by Crippen LogP contribution is -1.96. The van der Waals surface area contributed by atoms with E-state index in [0.29, 0.717) is 15.8 Å². The molecule has 106 valence electrons. The molecule has 0 radical (unpaired) electrons. The summed E-state index contributed by atoms with van der Waals surface area (Å²) in [7, 11) is 0. The van der Waals surface area contributed by atoms with Crippen LogP contribution in [0.25, 0.3) is 0 Å². The summed E-state index contributed by atoms with van der Waals surface area (Å²) in [6.07, 6.45) is 6.76. The average Bonchev–Trinajstić information content (AvgIpc) is 2.48. The number of ether oxygens (including phenoxy) is 1. The highest BCUT2D eigenvalue weighted by molar-refractivity contribution is 6.37. The molecule has 2 aromatic carbocycles. The Morgan fingerprint density at radius 3 is 2.48 bits per heavy atom. The molecule has 0 aliphatic heterocycles. The van der Waals surface area contributed by atoms with Crippen LogP contribution in [0.5, 0.6) is 5.75 Å². The normalized spacial score (nSPS) is 10.3. The number of hydrogen-bond acceptors (Lipinski definition) is 3. The molecule has 5 heteroatoms. The van der Waals surface area contributed by atoms with Gasteiger partial charge in [-0.3, -0.25) is 5.43 Å². The Morgan fingerprint density at radius 1 is 1.19 bits per heavy atom. The van der Waals surface area contributed by atoms with Crippen LogP contribution in [-0.2, 0) is 0 Å². The lowest BCUT2D eigenvalue weighted by molar-refractivity contribution is 0.371. The number of nitrogens with zero attached hydrogens (tertiary/aromatic N) is 1. The summed E-state index contributed by atoms with van der Waals surface area (Å²) in [6, 6.07) is 13.0. The Balaban J connectivity index is 2.09. The third-order valence-corrected chi connectivity index (χ3v) is 3.06. The molecule has 2 aromatic rings. The van der Waals surface area contributed by atoms with E-state index in [0.717, 1.165) is 11.3 Å². The molecule has 0 bridgehead atoms. The van der Waals surface area contributed by atoms with Gasteiger partial charge in [-0.15, -0.1) is 6.42 Å². The fourth-order valence-corrected chi connectivity index (χ4v) is 2.21. The molecule has 0 heterocycles. The van der Waals surface area contributed by atoms with Crippen molar-refractivity contribution < 1.29 is 4.74 Å². The highest BCUT2D eigenvalue weighted by Gasteiger charge is 2.08. The molecule has 21 heavy (non-hydrogen) atoms. The summed E-state index contributed by atoms with van der Waals surface area (Å²) in [5.41, 5.74) is 4.55. The van der Waals surface area contributed by atoms with E-state index < -0.39 is 0 Å². The number of hydrazone groups is 1. The van der Waals surface area contributed by atoms with E-state index in [-0.39, 0.29) is 6.61 Å². The first kappa shape index (κ1) is 15.2. The minimum atomic E-state index is 0.114. The summed E-state index contributed by atoms with van der Waals surface area (Å²) in [5.74, 6) is 2.74. The number of nitrogens with one attached hydrogen (secondary N) is 1. The average molecular weight is 319 g/mol. The molecule has 2 rings (SSSR count). The standard InChI is InChI=1S/C16H12Cl2N2O/c1-2-8-21-16-14(17)9-12(10-15(16)18)11-19-20-13-6-4-3-5-7-13/h1,3-7,9-11,20H,8H2. The smallest absolute Gasteiger partial charge is 0.157 e. The predicted octanol–water partition coefficient (Wildman–Crippen LogP) is 4.45. The van der Waals surface area contributed by atoms with E-state index in [1.807, 2.05) is 30.3 Å². The SMILES string of the molecule is C#CCOc1c(Cl)cc(C=NNc2ccccc2)cc1Cl. The van der Waals surface area contributed by atoms with Crippen molar-refractivity contribution in [2.75, 3.05) is 12.0 Å². The largest absolute Gasteiger partial charge is 0.478 e. The lowest BCUT2D eigenvalue weighted by atomic mass is 10.2. The molecule has 0 saturated carbocycles. The second kappa shape index (κ2) is 7.58. The van der Waals surface area contributed by atoms with Gasteiger partial charge in [0.05, 0.1) is 21.9 Å². The van der Waals surface area contributed by atoms with Gasteiger partial charge in [0.1, 0.15) is 6.61 Å². The molecular formula is C16H12Cl2N2O. The van der Waals surface area contributed by atoms with Crippen LogP contribution >= 0.6 is 23.2 Å². The van der Waals surface area contributed by atoms with Crippen LogP contribution in [-0.4, -0.2) is 12.8 Å². The Hall–Kier alpha value is -2.15. The highest BCUT2D eigenvalue weighted by atomic mass is 35.5. The third-order valence-electron chi connectivity index (χ3n) is 2.50. The van der Waals surface area contributed by atoms with Crippen LogP contribution in [0.3, 0.4) is 0 Å². The summed E-state index contributed by atoms with van der Waals surface area (Å²) in [6.45, 7) is 0.114. The monoisotopic (exact) mass is 318 g/mol. The fourth-order valence-electron chi connectivity index (χ4n) is 1.60. The molecular weight excluding hydrogens is 307 g/mol. The number of terminal acetylenes is 1. The van der Waals surface area contributed by atoms with Crippen LogP contribution in [0.15, 0.2) is 47.6 Å². The number of hydrogen-bond donors (Lipinski definition) is 1. The molecule has 0 saturated heterocycles. The number of anilines is 1. The molecule has 0 fully saturated rings. The van der Waals surface area contributed by atoms with Gasteiger partial charge in [-0.1, -0.05) is 47.3 Å². The summed E-state index contributed by atoms with van der Waals surface area (Å²) < 4.78 is 5.29. The van der Waals surface area contributed by atoms with Crippen molar-refractivity contribution in [2.45, 2.75) is 0 Å². The van der Waals surface area contributed by atoms with Crippen LogP contribution in [0, 0.1) is 12.3 Å². The van der Waals surface area contributed by atoms with Crippen LogP contribution < -0.4 is 10.2 Å². The van der Waals surface area contributed by atoms with Gasteiger partial charge in [-0.05, 0) is 29.8 Å². The fraction of sp³-hybridized carbons (Fsp3) is 0.0625. The van der Waals surface area contributed by atoms with Gasteiger partial charge in [0, 0.05) is 0 Å². The first-order valence-corrected chi connectivity index (χ1v) is 6.85. The maximum atomic E-state index is 6.11. The van der Waals surface area contributed by atoms with E-state index in [9.17, 15) is 0 Å². The molecule has 0 aliphatic carbocycles. The zero-order chi connectivity index (χ0) is 15.1. The van der Waals surface area contributed by atoms with Crippen molar-refractivity contribution in [3.8, 4) is 18.1 Å². The molecule has 0 aromatic heterocycles. The van der Waals surface area contributed by atoms with E-state index >= 15 is 0 Å². The maximum Gasteiger partial charge on any atom is 0.157 e. The number of halogens is 2. The van der Waals surface area contributed by atoms with E-state index in [1.54, 1.807) is 18.3 Å². The number of para-hydroxylation sites is 1. The third kappa shape index (κ3) is 4.42. The molecule has 3 nitrogen and oxygen atoms in total. The van der Waals surface area contributed by atoms with Gasteiger partial charge in [0.25, 0.3) is 0 Å². The summed E-state index contributed by atoms with van der Waals surface area (Å²) in [5, 5.41) is 4.90. The van der Waals surface area contributed by atoms with Gasteiger partial charge < -0.3 is 4.74 Å². The Bertz CT molecular complexity index is 655. The van der Waals surface area contributed by atoms with Gasteiger partial charge in [0.2, 0.25) is 0 Å². The number of benzene rings is 2. The predicted molar refractivity (Wildman–Crippen MR) is 88.4 cm³/mol. The van der Waals surface area contributed by atoms with E-state index in [2.05, 4.69) is 16.4 Å². The first-order chi connectivity index (χ1) is 10.2. The van der Waals surface area contributed by atoms with Crippen molar-refractivity contribution in [1.82, 2.24) is 0 Å². The number of rotatable bonds is 5. The van der Waals surface area contributed by atoms with Crippen molar-refractivity contribution in [1.29, 1.82) is 0 Å². The van der Waals surface area contributed by atoms with Crippen molar-refractivity contribution in [3.05, 3.63) is 58.1 Å². The Morgan fingerprint density at radius 2 is 1.86 bits per heavy atom. The van der Waals surface area contributed by atoms with Crippen molar-refractivity contribution >= 4 is 35.1 Å². The van der Waals surface area contributed by atoms with Gasteiger partial charge in [-0.25, -0.2) is 0 Å². The maximum absolute atomic E-state index is 6.11.